The number of esters is 1. The van der Waals surface area contributed by atoms with Crippen LogP contribution in [0.15, 0.2) is 42.5 Å². The normalized spacial score (nSPS) is 10.1. The Labute approximate surface area is 116 Å². The molecule has 2 aromatic rings. The van der Waals surface area contributed by atoms with E-state index < -0.39 is 0 Å². The van der Waals surface area contributed by atoms with Gasteiger partial charge >= 0.3 is 5.97 Å². The Balaban J connectivity index is 2.52. The number of hydrogen-bond donors (Lipinski definition) is 0. The number of hydrogen-bond acceptors (Lipinski definition) is 3. The zero-order chi connectivity index (χ0) is 13.8. The average Bonchev–Trinajstić information content (AvgIpc) is 2.46. The van der Waals surface area contributed by atoms with Gasteiger partial charge in [-0.15, -0.1) is 0 Å². The molecule has 0 amide bonds. The Morgan fingerprint density at radius 1 is 1.05 bits per heavy atom. The smallest absolute Gasteiger partial charge is 0.338 e. The molecule has 0 radical (unpaired) electrons. The highest BCUT2D eigenvalue weighted by molar-refractivity contribution is 6.31. The fourth-order valence-electron chi connectivity index (χ4n) is 1.81. The summed E-state index contributed by atoms with van der Waals surface area (Å²) in [5, 5.41) is 0.568. The lowest BCUT2D eigenvalue weighted by atomic mass is 9.99. The minimum Gasteiger partial charge on any atom is -0.497 e. The molecule has 0 spiro atoms. The lowest BCUT2D eigenvalue weighted by Gasteiger charge is -2.09. The van der Waals surface area contributed by atoms with Crippen LogP contribution in [0.1, 0.15) is 10.4 Å². The van der Waals surface area contributed by atoms with E-state index in [9.17, 15) is 4.79 Å². The van der Waals surface area contributed by atoms with Crippen LogP contribution in [0.25, 0.3) is 11.1 Å². The van der Waals surface area contributed by atoms with Gasteiger partial charge in [-0.3, -0.25) is 0 Å². The van der Waals surface area contributed by atoms with E-state index in [2.05, 4.69) is 0 Å². The van der Waals surface area contributed by atoms with E-state index in [1.165, 1.54) is 7.11 Å². The van der Waals surface area contributed by atoms with Crippen LogP contribution in [0.4, 0.5) is 0 Å². The van der Waals surface area contributed by atoms with E-state index in [0.29, 0.717) is 10.6 Å². The van der Waals surface area contributed by atoms with E-state index in [1.807, 2.05) is 24.3 Å². The van der Waals surface area contributed by atoms with Crippen LogP contribution >= 0.6 is 11.6 Å². The minimum absolute atomic E-state index is 0.387. The van der Waals surface area contributed by atoms with Crippen molar-refractivity contribution in [2.75, 3.05) is 14.2 Å². The molecule has 0 bridgehead atoms. The Morgan fingerprint density at radius 2 is 1.74 bits per heavy atom. The van der Waals surface area contributed by atoms with Crippen molar-refractivity contribution >= 4 is 17.6 Å². The van der Waals surface area contributed by atoms with Gasteiger partial charge in [0.25, 0.3) is 0 Å². The van der Waals surface area contributed by atoms with Crippen LogP contribution < -0.4 is 4.74 Å². The van der Waals surface area contributed by atoms with Crippen molar-refractivity contribution in [3.8, 4) is 16.9 Å². The van der Waals surface area contributed by atoms with Gasteiger partial charge in [-0.2, -0.15) is 0 Å². The molecule has 0 atom stereocenters. The lowest BCUT2D eigenvalue weighted by molar-refractivity contribution is 0.0601. The van der Waals surface area contributed by atoms with Gasteiger partial charge in [0, 0.05) is 5.02 Å². The van der Waals surface area contributed by atoms with E-state index in [0.717, 1.165) is 16.9 Å². The molecule has 98 valence electrons. The van der Waals surface area contributed by atoms with Crippen LogP contribution in [-0.4, -0.2) is 20.2 Å². The van der Waals surface area contributed by atoms with Crippen LogP contribution in [0.2, 0.25) is 5.02 Å². The topological polar surface area (TPSA) is 35.5 Å². The van der Waals surface area contributed by atoms with Crippen molar-refractivity contribution < 1.29 is 14.3 Å². The van der Waals surface area contributed by atoms with Crippen LogP contribution in [-0.2, 0) is 4.74 Å². The van der Waals surface area contributed by atoms with Gasteiger partial charge in [-0.05, 0) is 41.5 Å². The molecule has 2 rings (SSSR count). The predicted molar refractivity (Wildman–Crippen MR) is 74.8 cm³/mol. The van der Waals surface area contributed by atoms with E-state index in [1.54, 1.807) is 25.3 Å². The summed E-state index contributed by atoms with van der Waals surface area (Å²) in [6.45, 7) is 0. The van der Waals surface area contributed by atoms with Gasteiger partial charge < -0.3 is 9.47 Å². The van der Waals surface area contributed by atoms with Gasteiger partial charge in [0.1, 0.15) is 5.75 Å². The molecule has 0 unspecified atom stereocenters. The maximum Gasteiger partial charge on any atom is 0.338 e. The highest BCUT2D eigenvalue weighted by atomic mass is 35.5. The standard InChI is InChI=1S/C15H13ClO3/c1-18-12-6-3-10(4-7-12)14-9-11(16)5-8-13(14)15(17)19-2/h3-9H,1-2H3. The molecule has 0 aliphatic rings. The first-order valence-corrected chi connectivity index (χ1v) is 6.06. The Kier molecular flexibility index (Phi) is 4.07. The average molecular weight is 277 g/mol. The third-order valence-corrected chi connectivity index (χ3v) is 3.02. The highest BCUT2D eigenvalue weighted by Gasteiger charge is 2.13. The summed E-state index contributed by atoms with van der Waals surface area (Å²) < 4.78 is 9.89. The fraction of sp³-hybridized carbons (Fsp3) is 0.133. The molecule has 3 nitrogen and oxygen atoms in total. The van der Waals surface area contributed by atoms with Crippen molar-refractivity contribution in [2.45, 2.75) is 0 Å². The van der Waals surface area contributed by atoms with Gasteiger partial charge in [-0.25, -0.2) is 4.79 Å². The summed E-state index contributed by atoms with van der Waals surface area (Å²) in [7, 11) is 2.96. The van der Waals surface area contributed by atoms with Crippen molar-refractivity contribution in [1.82, 2.24) is 0 Å². The predicted octanol–water partition coefficient (Wildman–Crippen LogP) is 3.80. The highest BCUT2D eigenvalue weighted by Crippen LogP contribution is 2.29. The summed E-state index contributed by atoms with van der Waals surface area (Å²) in [6.07, 6.45) is 0. The summed E-state index contributed by atoms with van der Waals surface area (Å²) >= 11 is 6.00. The molecule has 0 saturated heterocycles. The number of carbonyl (C=O) groups is 1. The molecule has 0 aromatic heterocycles. The van der Waals surface area contributed by atoms with Crippen molar-refractivity contribution in [3.05, 3.63) is 53.1 Å². The molecule has 19 heavy (non-hydrogen) atoms. The Bertz CT molecular complexity index is 591. The number of halogens is 1. The molecule has 2 aromatic carbocycles. The monoisotopic (exact) mass is 276 g/mol. The van der Waals surface area contributed by atoms with Crippen molar-refractivity contribution in [2.24, 2.45) is 0 Å². The zero-order valence-corrected chi connectivity index (χ0v) is 11.4. The maximum absolute atomic E-state index is 11.8. The first-order valence-electron chi connectivity index (χ1n) is 5.68. The van der Waals surface area contributed by atoms with Crippen LogP contribution in [0, 0.1) is 0 Å². The van der Waals surface area contributed by atoms with Gasteiger partial charge in [0.15, 0.2) is 0 Å². The summed E-state index contributed by atoms with van der Waals surface area (Å²) in [4.78, 5) is 11.8. The minimum atomic E-state index is -0.387. The van der Waals surface area contributed by atoms with E-state index >= 15 is 0 Å². The molecule has 4 heteroatoms. The summed E-state index contributed by atoms with van der Waals surface area (Å²) in [5.74, 6) is 0.368. The third kappa shape index (κ3) is 2.88. The number of carbonyl (C=O) groups excluding carboxylic acids is 1. The number of rotatable bonds is 3. The lowest BCUT2D eigenvalue weighted by Crippen LogP contribution is -2.03. The van der Waals surface area contributed by atoms with Gasteiger partial charge in [-0.1, -0.05) is 23.7 Å². The molecule has 0 saturated carbocycles. The molecule has 0 aliphatic heterocycles. The van der Waals surface area contributed by atoms with Crippen molar-refractivity contribution in [3.63, 3.8) is 0 Å². The largest absolute Gasteiger partial charge is 0.497 e. The van der Waals surface area contributed by atoms with Crippen LogP contribution in [0.3, 0.4) is 0 Å². The molecular formula is C15H13ClO3. The second-order valence-electron chi connectivity index (χ2n) is 3.91. The van der Waals surface area contributed by atoms with Crippen LogP contribution in [0.5, 0.6) is 5.75 Å². The first-order chi connectivity index (χ1) is 9.15. The molecular weight excluding hydrogens is 264 g/mol. The number of ether oxygens (including phenoxy) is 2. The number of methoxy groups -OCH3 is 2. The molecule has 0 N–H and O–H groups in total. The van der Waals surface area contributed by atoms with E-state index in [4.69, 9.17) is 21.1 Å². The summed E-state index contributed by atoms with van der Waals surface area (Å²) in [6, 6.07) is 12.5. The maximum atomic E-state index is 11.8. The van der Waals surface area contributed by atoms with Crippen molar-refractivity contribution in [1.29, 1.82) is 0 Å². The zero-order valence-electron chi connectivity index (χ0n) is 10.6. The first kappa shape index (κ1) is 13.4. The van der Waals surface area contributed by atoms with E-state index in [-0.39, 0.29) is 5.97 Å². The SMILES string of the molecule is COC(=O)c1ccc(Cl)cc1-c1ccc(OC)cc1. The van der Waals surface area contributed by atoms with Gasteiger partial charge in [0.2, 0.25) is 0 Å². The Morgan fingerprint density at radius 3 is 2.32 bits per heavy atom. The molecule has 0 heterocycles. The summed E-state index contributed by atoms with van der Waals surface area (Å²) in [5.41, 5.74) is 2.10. The van der Waals surface area contributed by atoms with Gasteiger partial charge in [0.05, 0.1) is 19.8 Å². The second kappa shape index (κ2) is 5.76. The quantitative estimate of drug-likeness (QED) is 0.800. The number of benzene rings is 2. The fourth-order valence-corrected chi connectivity index (χ4v) is 1.99. The molecule has 0 aliphatic carbocycles. The second-order valence-corrected chi connectivity index (χ2v) is 4.35. The Hall–Kier alpha value is -2.00. The molecule has 0 fully saturated rings. The third-order valence-electron chi connectivity index (χ3n) is 2.79.